The molecule has 1 N–H and O–H groups in total. The summed E-state index contributed by atoms with van der Waals surface area (Å²) < 4.78 is 12.6. The average Bonchev–Trinajstić information content (AvgIpc) is 3.31. The maximum Gasteiger partial charge on any atom is 0.246 e. The minimum Gasteiger partial charge on any atom is -0.493 e. The van der Waals surface area contributed by atoms with E-state index in [0.717, 1.165) is 47.5 Å². The minimum absolute atomic E-state index is 0.0605. The summed E-state index contributed by atoms with van der Waals surface area (Å²) in [5.74, 6) is 2.09. The van der Waals surface area contributed by atoms with Crippen molar-refractivity contribution < 1.29 is 19.1 Å². The Kier molecular flexibility index (Phi) is 8.10. The molecule has 2 amide bonds. The summed E-state index contributed by atoms with van der Waals surface area (Å²) in [6.45, 7) is 1.47. The van der Waals surface area contributed by atoms with Crippen molar-refractivity contribution in [3.63, 3.8) is 0 Å². The molecule has 3 aromatic carbocycles. The SMILES string of the molecule is COc1ccc(CC(=O)NCCCc2nc3ccccc3n2CC(=O)N2CCCc3ccccc32)cc1OC. The van der Waals surface area contributed by atoms with Crippen molar-refractivity contribution in [1.82, 2.24) is 14.9 Å². The Hall–Kier alpha value is -4.33. The third kappa shape index (κ3) is 5.90. The Labute approximate surface area is 228 Å². The van der Waals surface area contributed by atoms with Gasteiger partial charge >= 0.3 is 0 Å². The number of fused-ring (bicyclic) bond motifs is 2. The molecule has 0 bridgehead atoms. The van der Waals surface area contributed by atoms with E-state index in [-0.39, 0.29) is 24.8 Å². The highest BCUT2D eigenvalue weighted by atomic mass is 16.5. The third-order valence-electron chi connectivity index (χ3n) is 7.15. The molecule has 0 aliphatic carbocycles. The van der Waals surface area contributed by atoms with Crippen molar-refractivity contribution in [3.05, 3.63) is 83.7 Å². The van der Waals surface area contributed by atoms with Gasteiger partial charge in [-0.3, -0.25) is 9.59 Å². The van der Waals surface area contributed by atoms with Crippen LogP contribution in [0.25, 0.3) is 11.0 Å². The molecule has 1 aliphatic heterocycles. The van der Waals surface area contributed by atoms with Gasteiger partial charge in [-0.05, 0) is 60.7 Å². The van der Waals surface area contributed by atoms with Gasteiger partial charge in [-0.2, -0.15) is 0 Å². The van der Waals surface area contributed by atoms with E-state index in [1.807, 2.05) is 64.1 Å². The number of rotatable bonds is 10. The first-order chi connectivity index (χ1) is 19.1. The van der Waals surface area contributed by atoms with Crippen molar-refractivity contribution in [2.24, 2.45) is 0 Å². The second kappa shape index (κ2) is 12.0. The number of hydrogen-bond donors (Lipinski definition) is 1. The van der Waals surface area contributed by atoms with E-state index in [1.54, 1.807) is 20.3 Å². The van der Waals surface area contributed by atoms with Gasteiger partial charge in [-0.15, -0.1) is 0 Å². The number of ether oxygens (including phenoxy) is 2. The molecule has 0 atom stereocenters. The van der Waals surface area contributed by atoms with Crippen LogP contribution in [-0.4, -0.2) is 48.7 Å². The number of nitrogens with one attached hydrogen (secondary N) is 1. The lowest BCUT2D eigenvalue weighted by Crippen LogP contribution is -2.38. The van der Waals surface area contributed by atoms with Crippen LogP contribution in [0.3, 0.4) is 0 Å². The number of para-hydroxylation sites is 3. The van der Waals surface area contributed by atoms with Crippen molar-refractivity contribution in [1.29, 1.82) is 0 Å². The van der Waals surface area contributed by atoms with Gasteiger partial charge in [0.1, 0.15) is 12.4 Å². The molecule has 0 saturated heterocycles. The molecule has 2 heterocycles. The van der Waals surface area contributed by atoms with E-state index >= 15 is 0 Å². The van der Waals surface area contributed by atoms with E-state index < -0.39 is 0 Å². The zero-order chi connectivity index (χ0) is 27.2. The van der Waals surface area contributed by atoms with Crippen LogP contribution >= 0.6 is 0 Å². The number of nitrogens with zero attached hydrogens (tertiary/aromatic N) is 3. The molecule has 1 aromatic heterocycles. The van der Waals surface area contributed by atoms with E-state index in [2.05, 4.69) is 11.4 Å². The van der Waals surface area contributed by atoms with Crippen LogP contribution in [0.5, 0.6) is 11.5 Å². The first-order valence-electron chi connectivity index (χ1n) is 13.4. The molecule has 8 heteroatoms. The molecule has 5 rings (SSSR count). The van der Waals surface area contributed by atoms with Crippen molar-refractivity contribution in [2.45, 2.75) is 38.6 Å². The van der Waals surface area contributed by atoms with Gasteiger partial charge in [-0.1, -0.05) is 36.4 Å². The fourth-order valence-corrected chi connectivity index (χ4v) is 5.22. The fourth-order valence-electron chi connectivity index (χ4n) is 5.22. The zero-order valence-corrected chi connectivity index (χ0v) is 22.5. The van der Waals surface area contributed by atoms with Crippen molar-refractivity contribution >= 4 is 28.5 Å². The monoisotopic (exact) mass is 526 g/mol. The van der Waals surface area contributed by atoms with E-state index in [4.69, 9.17) is 14.5 Å². The van der Waals surface area contributed by atoms with Crippen LogP contribution in [0.15, 0.2) is 66.7 Å². The normalized spacial score (nSPS) is 12.7. The summed E-state index contributed by atoms with van der Waals surface area (Å²) in [7, 11) is 3.16. The first-order valence-corrected chi connectivity index (χ1v) is 13.4. The minimum atomic E-state index is -0.0605. The Balaban J connectivity index is 1.22. The molecule has 202 valence electrons. The van der Waals surface area contributed by atoms with Gasteiger partial charge in [0.2, 0.25) is 11.8 Å². The third-order valence-corrected chi connectivity index (χ3v) is 7.15. The van der Waals surface area contributed by atoms with E-state index in [0.29, 0.717) is 30.9 Å². The van der Waals surface area contributed by atoms with Crippen LogP contribution in [0.1, 0.15) is 29.8 Å². The van der Waals surface area contributed by atoms with Crippen LogP contribution in [-0.2, 0) is 35.4 Å². The Morgan fingerprint density at radius 1 is 0.974 bits per heavy atom. The fraction of sp³-hybridized carbons (Fsp3) is 0.323. The molecule has 4 aromatic rings. The van der Waals surface area contributed by atoms with Crippen LogP contribution in [0, 0.1) is 0 Å². The molecular weight excluding hydrogens is 492 g/mol. The van der Waals surface area contributed by atoms with Crippen molar-refractivity contribution in [2.75, 3.05) is 32.2 Å². The van der Waals surface area contributed by atoms with Gasteiger partial charge < -0.3 is 24.3 Å². The van der Waals surface area contributed by atoms with Crippen LogP contribution in [0.4, 0.5) is 5.69 Å². The number of amides is 2. The summed E-state index contributed by atoms with van der Waals surface area (Å²) in [6.07, 6.45) is 3.57. The standard InChI is InChI=1S/C31H34N4O4/c1-38-27-16-15-22(19-28(27)39-2)20-30(36)32-17-7-14-29-33-24-11-4-6-13-26(24)35(29)21-31(37)34-18-8-10-23-9-3-5-12-25(23)34/h3-6,9,11-13,15-16,19H,7-8,10,14,17-18,20-21H2,1-2H3,(H,32,36). The van der Waals surface area contributed by atoms with Gasteiger partial charge in [0.15, 0.2) is 11.5 Å². The molecule has 1 aliphatic rings. The summed E-state index contributed by atoms with van der Waals surface area (Å²) in [5, 5.41) is 3.00. The maximum absolute atomic E-state index is 13.5. The molecule has 0 saturated carbocycles. The van der Waals surface area contributed by atoms with Gasteiger partial charge in [0, 0.05) is 25.2 Å². The highest BCUT2D eigenvalue weighted by molar-refractivity contribution is 5.95. The summed E-state index contributed by atoms with van der Waals surface area (Å²) >= 11 is 0. The van der Waals surface area contributed by atoms with Crippen LogP contribution < -0.4 is 19.7 Å². The maximum atomic E-state index is 13.5. The number of aryl methyl sites for hydroxylation is 2. The van der Waals surface area contributed by atoms with E-state index in [1.165, 1.54) is 5.56 Å². The second-order valence-electron chi connectivity index (χ2n) is 9.70. The first kappa shape index (κ1) is 26.3. The second-order valence-corrected chi connectivity index (χ2v) is 9.70. The number of methoxy groups -OCH3 is 2. The highest BCUT2D eigenvalue weighted by Crippen LogP contribution is 2.29. The molecule has 8 nitrogen and oxygen atoms in total. The molecule has 0 radical (unpaired) electrons. The summed E-state index contributed by atoms with van der Waals surface area (Å²) in [6, 6.07) is 21.5. The molecular formula is C31H34N4O4. The Morgan fingerprint density at radius 2 is 1.77 bits per heavy atom. The lowest BCUT2D eigenvalue weighted by atomic mass is 10.0. The lowest BCUT2D eigenvalue weighted by Gasteiger charge is -2.29. The predicted octanol–water partition coefficient (Wildman–Crippen LogP) is 4.32. The van der Waals surface area contributed by atoms with Gasteiger partial charge in [-0.25, -0.2) is 4.98 Å². The number of carbonyl (C=O) groups excluding carboxylic acids is 2. The molecule has 0 unspecified atom stereocenters. The predicted molar refractivity (Wildman–Crippen MR) is 151 cm³/mol. The quantitative estimate of drug-likeness (QED) is 0.311. The van der Waals surface area contributed by atoms with Gasteiger partial charge in [0.05, 0.1) is 31.7 Å². The number of anilines is 1. The number of aromatic nitrogens is 2. The lowest BCUT2D eigenvalue weighted by molar-refractivity contribution is -0.120. The Bertz CT molecular complexity index is 1480. The number of carbonyl (C=O) groups is 2. The van der Waals surface area contributed by atoms with Crippen LogP contribution in [0.2, 0.25) is 0 Å². The zero-order valence-electron chi connectivity index (χ0n) is 22.5. The van der Waals surface area contributed by atoms with Gasteiger partial charge in [0.25, 0.3) is 0 Å². The average molecular weight is 527 g/mol. The molecule has 39 heavy (non-hydrogen) atoms. The number of benzene rings is 3. The molecule has 0 fully saturated rings. The van der Waals surface area contributed by atoms with E-state index in [9.17, 15) is 9.59 Å². The Morgan fingerprint density at radius 3 is 2.62 bits per heavy atom. The largest absolute Gasteiger partial charge is 0.493 e. The molecule has 0 spiro atoms. The van der Waals surface area contributed by atoms with Crippen molar-refractivity contribution in [3.8, 4) is 11.5 Å². The summed E-state index contributed by atoms with van der Waals surface area (Å²) in [4.78, 5) is 32.8. The topological polar surface area (TPSA) is 85.7 Å². The number of hydrogen-bond acceptors (Lipinski definition) is 5. The smallest absolute Gasteiger partial charge is 0.246 e. The number of imidazole rings is 1. The summed E-state index contributed by atoms with van der Waals surface area (Å²) in [5.41, 5.74) is 4.90. The highest BCUT2D eigenvalue weighted by Gasteiger charge is 2.24.